The van der Waals surface area contributed by atoms with Crippen molar-refractivity contribution in [3.63, 3.8) is 0 Å². The van der Waals surface area contributed by atoms with Gasteiger partial charge in [-0.3, -0.25) is 0 Å². The maximum absolute atomic E-state index is 5.77. The second-order valence-corrected chi connectivity index (χ2v) is 4.14. The SMILES string of the molecule is Cc1cccc(C(CN)NC2CC2)c1. The molecular formula is C12H18N2. The molecule has 1 aliphatic carbocycles. The van der Waals surface area contributed by atoms with E-state index in [1.807, 2.05) is 0 Å². The Morgan fingerprint density at radius 2 is 2.29 bits per heavy atom. The molecule has 1 unspecified atom stereocenters. The third-order valence-corrected chi connectivity index (χ3v) is 2.69. The predicted molar refractivity (Wildman–Crippen MR) is 59.1 cm³/mol. The zero-order valence-electron chi connectivity index (χ0n) is 8.66. The van der Waals surface area contributed by atoms with Crippen LogP contribution >= 0.6 is 0 Å². The first kappa shape index (κ1) is 9.69. The molecule has 1 aromatic carbocycles. The van der Waals surface area contributed by atoms with E-state index in [9.17, 15) is 0 Å². The molecule has 0 amide bonds. The number of hydrogen-bond acceptors (Lipinski definition) is 2. The van der Waals surface area contributed by atoms with Crippen molar-refractivity contribution in [2.75, 3.05) is 6.54 Å². The number of hydrogen-bond donors (Lipinski definition) is 2. The lowest BCUT2D eigenvalue weighted by molar-refractivity contribution is 0.538. The average Bonchev–Trinajstić information content (AvgIpc) is 2.98. The number of aryl methyl sites for hydroxylation is 1. The molecule has 3 N–H and O–H groups in total. The second-order valence-electron chi connectivity index (χ2n) is 4.14. The second kappa shape index (κ2) is 4.11. The zero-order valence-corrected chi connectivity index (χ0v) is 8.66. The van der Waals surface area contributed by atoms with Gasteiger partial charge in [0.25, 0.3) is 0 Å². The maximum Gasteiger partial charge on any atom is 0.0446 e. The molecule has 1 aliphatic rings. The van der Waals surface area contributed by atoms with Gasteiger partial charge in [-0.1, -0.05) is 29.8 Å². The molecule has 1 saturated carbocycles. The molecule has 0 aliphatic heterocycles. The standard InChI is InChI=1S/C12H18N2/c1-9-3-2-4-10(7-9)12(8-13)14-11-5-6-11/h2-4,7,11-12,14H,5-6,8,13H2,1H3. The molecule has 1 aromatic rings. The Morgan fingerprint density at radius 1 is 1.50 bits per heavy atom. The van der Waals surface area contributed by atoms with E-state index in [1.54, 1.807) is 0 Å². The third kappa shape index (κ3) is 2.34. The smallest absolute Gasteiger partial charge is 0.0446 e. The Kier molecular flexibility index (Phi) is 2.85. The van der Waals surface area contributed by atoms with Crippen molar-refractivity contribution in [1.82, 2.24) is 5.32 Å². The summed E-state index contributed by atoms with van der Waals surface area (Å²) in [6, 6.07) is 9.63. The van der Waals surface area contributed by atoms with E-state index in [0.29, 0.717) is 18.6 Å². The Labute approximate surface area is 85.5 Å². The number of nitrogens with two attached hydrogens (primary N) is 1. The summed E-state index contributed by atoms with van der Waals surface area (Å²) in [4.78, 5) is 0. The van der Waals surface area contributed by atoms with E-state index in [-0.39, 0.29) is 0 Å². The molecule has 0 radical (unpaired) electrons. The van der Waals surface area contributed by atoms with E-state index >= 15 is 0 Å². The minimum absolute atomic E-state index is 0.336. The summed E-state index contributed by atoms with van der Waals surface area (Å²) < 4.78 is 0. The fourth-order valence-electron chi connectivity index (χ4n) is 1.72. The highest BCUT2D eigenvalue weighted by Gasteiger charge is 2.24. The fraction of sp³-hybridized carbons (Fsp3) is 0.500. The first-order chi connectivity index (χ1) is 6.79. The van der Waals surface area contributed by atoms with E-state index in [0.717, 1.165) is 0 Å². The molecule has 0 saturated heterocycles. The van der Waals surface area contributed by atoms with Crippen LogP contribution < -0.4 is 11.1 Å². The van der Waals surface area contributed by atoms with E-state index in [2.05, 4.69) is 36.5 Å². The Balaban J connectivity index is 2.08. The van der Waals surface area contributed by atoms with Crippen LogP contribution in [0.1, 0.15) is 30.0 Å². The van der Waals surface area contributed by atoms with Crippen molar-refractivity contribution in [3.8, 4) is 0 Å². The minimum atomic E-state index is 0.336. The highest BCUT2D eigenvalue weighted by atomic mass is 15.0. The van der Waals surface area contributed by atoms with Crippen LogP contribution in [0, 0.1) is 6.92 Å². The van der Waals surface area contributed by atoms with Crippen molar-refractivity contribution < 1.29 is 0 Å². The van der Waals surface area contributed by atoms with Gasteiger partial charge in [-0.25, -0.2) is 0 Å². The molecule has 76 valence electrons. The van der Waals surface area contributed by atoms with Crippen LogP contribution in [0.5, 0.6) is 0 Å². The summed E-state index contributed by atoms with van der Waals surface area (Å²) in [5.41, 5.74) is 8.39. The van der Waals surface area contributed by atoms with Gasteiger partial charge in [0.2, 0.25) is 0 Å². The first-order valence-corrected chi connectivity index (χ1v) is 5.32. The van der Waals surface area contributed by atoms with E-state index in [1.165, 1.54) is 24.0 Å². The van der Waals surface area contributed by atoms with Gasteiger partial charge in [0, 0.05) is 18.6 Å². The largest absolute Gasteiger partial charge is 0.329 e. The highest BCUT2D eigenvalue weighted by molar-refractivity contribution is 5.25. The summed E-state index contributed by atoms with van der Waals surface area (Å²) in [6.45, 7) is 2.80. The summed E-state index contributed by atoms with van der Waals surface area (Å²) in [7, 11) is 0. The molecule has 2 heteroatoms. The van der Waals surface area contributed by atoms with Gasteiger partial charge in [-0.2, -0.15) is 0 Å². The van der Waals surface area contributed by atoms with Crippen LogP contribution in [0.2, 0.25) is 0 Å². The van der Waals surface area contributed by atoms with Crippen LogP contribution in [0.3, 0.4) is 0 Å². The monoisotopic (exact) mass is 190 g/mol. The number of rotatable bonds is 4. The molecule has 1 fully saturated rings. The van der Waals surface area contributed by atoms with Crippen LogP contribution in [-0.4, -0.2) is 12.6 Å². The van der Waals surface area contributed by atoms with Crippen molar-refractivity contribution in [1.29, 1.82) is 0 Å². The van der Waals surface area contributed by atoms with Crippen LogP contribution in [0.25, 0.3) is 0 Å². The minimum Gasteiger partial charge on any atom is -0.329 e. The topological polar surface area (TPSA) is 38.0 Å². The van der Waals surface area contributed by atoms with Gasteiger partial charge >= 0.3 is 0 Å². The van der Waals surface area contributed by atoms with Gasteiger partial charge < -0.3 is 11.1 Å². The summed E-state index contributed by atoms with van der Waals surface area (Å²) >= 11 is 0. The average molecular weight is 190 g/mol. The number of benzene rings is 1. The highest BCUT2D eigenvalue weighted by Crippen LogP contribution is 2.23. The molecule has 14 heavy (non-hydrogen) atoms. The third-order valence-electron chi connectivity index (χ3n) is 2.69. The normalized spacial score (nSPS) is 18.1. The summed E-state index contributed by atoms with van der Waals surface area (Å²) in [5, 5.41) is 3.56. The van der Waals surface area contributed by atoms with Crippen LogP contribution in [-0.2, 0) is 0 Å². The lowest BCUT2D eigenvalue weighted by atomic mass is 10.0. The molecule has 1 atom stereocenters. The van der Waals surface area contributed by atoms with Crippen molar-refractivity contribution in [3.05, 3.63) is 35.4 Å². The van der Waals surface area contributed by atoms with Gasteiger partial charge in [0.15, 0.2) is 0 Å². The molecular weight excluding hydrogens is 172 g/mol. The van der Waals surface area contributed by atoms with Gasteiger partial charge in [0.1, 0.15) is 0 Å². The van der Waals surface area contributed by atoms with Crippen LogP contribution in [0.4, 0.5) is 0 Å². The Hall–Kier alpha value is -0.860. The lowest BCUT2D eigenvalue weighted by Gasteiger charge is -2.17. The number of nitrogens with one attached hydrogen (secondary N) is 1. The molecule has 2 rings (SSSR count). The zero-order chi connectivity index (χ0) is 9.97. The molecule has 0 aromatic heterocycles. The maximum atomic E-state index is 5.77. The quantitative estimate of drug-likeness (QED) is 0.759. The Bertz CT molecular complexity index is 305. The molecule has 0 spiro atoms. The lowest BCUT2D eigenvalue weighted by Crippen LogP contribution is -2.29. The van der Waals surface area contributed by atoms with Crippen molar-refractivity contribution in [2.24, 2.45) is 5.73 Å². The van der Waals surface area contributed by atoms with Gasteiger partial charge in [-0.05, 0) is 25.3 Å². The Morgan fingerprint density at radius 3 is 2.86 bits per heavy atom. The van der Waals surface area contributed by atoms with Gasteiger partial charge in [-0.15, -0.1) is 0 Å². The van der Waals surface area contributed by atoms with Crippen molar-refractivity contribution >= 4 is 0 Å². The predicted octanol–water partition coefficient (Wildman–Crippen LogP) is 1.75. The summed E-state index contributed by atoms with van der Waals surface area (Å²) in [5.74, 6) is 0. The van der Waals surface area contributed by atoms with E-state index in [4.69, 9.17) is 5.73 Å². The molecule has 2 nitrogen and oxygen atoms in total. The molecule has 0 heterocycles. The van der Waals surface area contributed by atoms with E-state index < -0.39 is 0 Å². The molecule has 0 bridgehead atoms. The van der Waals surface area contributed by atoms with Crippen LogP contribution in [0.15, 0.2) is 24.3 Å². The first-order valence-electron chi connectivity index (χ1n) is 5.32. The van der Waals surface area contributed by atoms with Gasteiger partial charge in [0.05, 0.1) is 0 Å². The summed E-state index contributed by atoms with van der Waals surface area (Å²) in [6.07, 6.45) is 2.62. The fourth-order valence-corrected chi connectivity index (χ4v) is 1.72. The van der Waals surface area contributed by atoms with Crippen molar-refractivity contribution in [2.45, 2.75) is 31.8 Å².